The molecule has 0 bridgehead atoms. The van der Waals surface area contributed by atoms with E-state index in [1.165, 1.54) is 13.2 Å². The van der Waals surface area contributed by atoms with Gasteiger partial charge in [0.05, 0.1) is 7.11 Å². The van der Waals surface area contributed by atoms with Crippen LogP contribution in [0, 0.1) is 0 Å². The Bertz CT molecular complexity index is 519. The summed E-state index contributed by atoms with van der Waals surface area (Å²) < 4.78 is 27.8. The van der Waals surface area contributed by atoms with Crippen molar-refractivity contribution in [2.45, 2.75) is 17.7 Å². The molecule has 0 saturated carbocycles. The van der Waals surface area contributed by atoms with Crippen LogP contribution in [0.3, 0.4) is 0 Å². The van der Waals surface area contributed by atoms with E-state index in [4.69, 9.17) is 9.84 Å². The lowest BCUT2D eigenvalue weighted by Crippen LogP contribution is -2.02. The molecule has 0 fully saturated rings. The summed E-state index contributed by atoms with van der Waals surface area (Å²) in [4.78, 5) is 10.5. The average molecular weight is 258 g/mol. The van der Waals surface area contributed by atoms with Gasteiger partial charge >= 0.3 is 5.97 Å². The molecule has 0 aromatic heterocycles. The number of methoxy groups -OCH3 is 1. The Kier molecular flexibility index (Phi) is 4.11. The van der Waals surface area contributed by atoms with E-state index in [9.17, 15) is 13.2 Å². The molecule has 0 saturated heterocycles. The highest BCUT2D eigenvalue weighted by Gasteiger charge is 2.14. The van der Waals surface area contributed by atoms with E-state index < -0.39 is 15.8 Å². The molecule has 1 rings (SSSR count). The monoisotopic (exact) mass is 258 g/mol. The fraction of sp³-hybridized carbons (Fsp3) is 0.364. The first kappa shape index (κ1) is 13.5. The second kappa shape index (κ2) is 5.18. The summed E-state index contributed by atoms with van der Waals surface area (Å²) in [7, 11) is -1.95. The van der Waals surface area contributed by atoms with Crippen LogP contribution >= 0.6 is 0 Å². The number of hydrogen-bond acceptors (Lipinski definition) is 4. The highest BCUT2D eigenvalue weighted by atomic mass is 32.2. The van der Waals surface area contributed by atoms with Crippen LogP contribution < -0.4 is 4.74 Å². The van der Waals surface area contributed by atoms with E-state index in [-0.39, 0.29) is 17.1 Å². The SMILES string of the molecule is COc1cc(CCC(=O)O)ccc1S(C)(=O)=O. The van der Waals surface area contributed by atoms with Gasteiger partial charge in [-0.3, -0.25) is 4.79 Å². The molecule has 0 aliphatic rings. The first-order chi connectivity index (χ1) is 7.84. The number of carbonyl (C=O) groups is 1. The summed E-state index contributed by atoms with van der Waals surface area (Å²) in [5.74, 6) is -0.647. The smallest absolute Gasteiger partial charge is 0.303 e. The van der Waals surface area contributed by atoms with Crippen LogP contribution in [-0.2, 0) is 21.1 Å². The standard InChI is InChI=1S/C11H14O5S/c1-16-9-7-8(4-6-11(12)13)3-5-10(9)17(2,14)15/h3,5,7H,4,6H2,1-2H3,(H,12,13). The van der Waals surface area contributed by atoms with E-state index in [0.29, 0.717) is 6.42 Å². The topological polar surface area (TPSA) is 80.7 Å². The molecule has 1 N–H and O–H groups in total. The number of aliphatic carboxylic acids is 1. The second-order valence-corrected chi connectivity index (χ2v) is 5.64. The largest absolute Gasteiger partial charge is 0.495 e. The first-order valence-corrected chi connectivity index (χ1v) is 6.82. The number of benzene rings is 1. The van der Waals surface area contributed by atoms with Gasteiger partial charge in [-0.1, -0.05) is 6.07 Å². The molecule has 0 spiro atoms. The van der Waals surface area contributed by atoms with Crippen LogP contribution in [0.15, 0.2) is 23.1 Å². The van der Waals surface area contributed by atoms with Crippen molar-refractivity contribution in [3.05, 3.63) is 23.8 Å². The zero-order valence-electron chi connectivity index (χ0n) is 9.63. The van der Waals surface area contributed by atoms with Crippen LogP contribution in [0.2, 0.25) is 0 Å². The van der Waals surface area contributed by atoms with E-state index >= 15 is 0 Å². The van der Waals surface area contributed by atoms with Crippen LogP contribution in [-0.4, -0.2) is 32.9 Å². The van der Waals surface area contributed by atoms with Gasteiger partial charge in [0.1, 0.15) is 10.6 Å². The Labute approximate surface area is 100.0 Å². The molecule has 0 aliphatic carbocycles. The molecule has 6 heteroatoms. The fourth-order valence-corrected chi connectivity index (χ4v) is 2.25. The van der Waals surface area contributed by atoms with E-state index in [1.807, 2.05) is 0 Å². The predicted octanol–water partition coefficient (Wildman–Crippen LogP) is 1.12. The van der Waals surface area contributed by atoms with Gasteiger partial charge in [-0.15, -0.1) is 0 Å². The molecular formula is C11H14O5S. The fourth-order valence-electron chi connectivity index (χ4n) is 1.43. The third-order valence-corrected chi connectivity index (χ3v) is 3.39. The summed E-state index contributed by atoms with van der Waals surface area (Å²) in [5.41, 5.74) is 0.733. The van der Waals surface area contributed by atoms with Gasteiger partial charge in [-0.25, -0.2) is 8.42 Å². The molecule has 0 aliphatic heterocycles. The Morgan fingerprint density at radius 3 is 2.53 bits per heavy atom. The molecule has 0 atom stereocenters. The minimum absolute atomic E-state index is 0.00137. The van der Waals surface area contributed by atoms with Gasteiger partial charge < -0.3 is 9.84 Å². The van der Waals surface area contributed by atoms with Gasteiger partial charge in [0, 0.05) is 12.7 Å². The zero-order chi connectivity index (χ0) is 13.1. The third-order valence-electron chi connectivity index (χ3n) is 2.26. The lowest BCUT2D eigenvalue weighted by atomic mass is 10.1. The summed E-state index contributed by atoms with van der Waals surface area (Å²) in [6.45, 7) is 0. The van der Waals surface area contributed by atoms with Crippen molar-refractivity contribution in [1.29, 1.82) is 0 Å². The summed E-state index contributed by atoms with van der Waals surface area (Å²) in [6, 6.07) is 4.59. The number of ether oxygens (including phenoxy) is 1. The molecule has 5 nitrogen and oxygen atoms in total. The zero-order valence-corrected chi connectivity index (χ0v) is 10.5. The number of aryl methyl sites for hydroxylation is 1. The highest BCUT2D eigenvalue weighted by Crippen LogP contribution is 2.25. The molecule has 1 aromatic carbocycles. The van der Waals surface area contributed by atoms with Crippen molar-refractivity contribution in [1.82, 2.24) is 0 Å². The summed E-state index contributed by atoms with van der Waals surface area (Å²) in [5, 5.41) is 8.56. The summed E-state index contributed by atoms with van der Waals surface area (Å²) >= 11 is 0. The van der Waals surface area contributed by atoms with Crippen molar-refractivity contribution in [3.63, 3.8) is 0 Å². The third kappa shape index (κ3) is 3.74. The lowest BCUT2D eigenvalue weighted by Gasteiger charge is -2.08. The molecule has 0 amide bonds. The average Bonchev–Trinajstić information content (AvgIpc) is 2.24. The highest BCUT2D eigenvalue weighted by molar-refractivity contribution is 7.90. The number of hydrogen-bond donors (Lipinski definition) is 1. The molecular weight excluding hydrogens is 244 g/mol. The first-order valence-electron chi connectivity index (χ1n) is 4.93. The van der Waals surface area contributed by atoms with Gasteiger partial charge in [0.2, 0.25) is 0 Å². The lowest BCUT2D eigenvalue weighted by molar-refractivity contribution is -0.136. The van der Waals surface area contributed by atoms with Gasteiger partial charge in [0.25, 0.3) is 0 Å². The second-order valence-electron chi connectivity index (χ2n) is 3.65. The maximum Gasteiger partial charge on any atom is 0.303 e. The Morgan fingerprint density at radius 1 is 1.41 bits per heavy atom. The molecule has 0 unspecified atom stereocenters. The number of carboxylic acid groups (broad SMARTS) is 1. The van der Waals surface area contributed by atoms with Crippen LogP contribution in [0.4, 0.5) is 0 Å². The molecule has 17 heavy (non-hydrogen) atoms. The minimum Gasteiger partial charge on any atom is -0.495 e. The quantitative estimate of drug-likeness (QED) is 0.855. The van der Waals surface area contributed by atoms with Crippen molar-refractivity contribution in [2.75, 3.05) is 13.4 Å². The van der Waals surface area contributed by atoms with Crippen molar-refractivity contribution in [3.8, 4) is 5.75 Å². The van der Waals surface area contributed by atoms with Gasteiger partial charge in [-0.2, -0.15) is 0 Å². The molecule has 94 valence electrons. The predicted molar refractivity (Wildman–Crippen MR) is 62.1 cm³/mol. The normalized spacial score (nSPS) is 11.2. The maximum absolute atomic E-state index is 11.4. The number of rotatable bonds is 5. The number of sulfone groups is 1. The van der Waals surface area contributed by atoms with Crippen molar-refractivity contribution < 1.29 is 23.1 Å². The van der Waals surface area contributed by atoms with E-state index in [1.54, 1.807) is 12.1 Å². The summed E-state index contributed by atoms with van der Waals surface area (Å²) in [6.07, 6.45) is 1.44. The van der Waals surface area contributed by atoms with Gasteiger partial charge in [-0.05, 0) is 24.1 Å². The van der Waals surface area contributed by atoms with Gasteiger partial charge in [0.15, 0.2) is 9.84 Å². The molecule has 0 radical (unpaired) electrons. The minimum atomic E-state index is -3.33. The Morgan fingerprint density at radius 2 is 2.06 bits per heavy atom. The van der Waals surface area contributed by atoms with Crippen molar-refractivity contribution in [2.24, 2.45) is 0 Å². The van der Waals surface area contributed by atoms with E-state index in [0.717, 1.165) is 11.8 Å². The van der Waals surface area contributed by atoms with Crippen LogP contribution in [0.5, 0.6) is 5.75 Å². The molecule has 0 heterocycles. The Hall–Kier alpha value is -1.56. The number of carboxylic acids is 1. The van der Waals surface area contributed by atoms with Crippen molar-refractivity contribution >= 4 is 15.8 Å². The maximum atomic E-state index is 11.4. The van der Waals surface area contributed by atoms with Crippen LogP contribution in [0.1, 0.15) is 12.0 Å². The van der Waals surface area contributed by atoms with Crippen LogP contribution in [0.25, 0.3) is 0 Å². The molecule has 1 aromatic rings. The van der Waals surface area contributed by atoms with E-state index in [2.05, 4.69) is 0 Å². The Balaban J connectivity index is 3.05.